The lowest BCUT2D eigenvalue weighted by Gasteiger charge is -2.09. The minimum absolute atomic E-state index is 0.236. The van der Waals surface area contributed by atoms with Crippen molar-refractivity contribution in [2.75, 3.05) is 6.54 Å². The van der Waals surface area contributed by atoms with E-state index in [1.807, 2.05) is 19.1 Å². The third-order valence-electron chi connectivity index (χ3n) is 2.40. The van der Waals surface area contributed by atoms with Crippen LogP contribution in [-0.2, 0) is 0 Å². The maximum absolute atomic E-state index is 11.7. The van der Waals surface area contributed by atoms with Crippen LogP contribution in [0.3, 0.4) is 0 Å². The zero-order valence-corrected chi connectivity index (χ0v) is 9.56. The fourth-order valence-electron chi connectivity index (χ4n) is 1.34. The molecule has 78 valence electrons. The van der Waals surface area contributed by atoms with Gasteiger partial charge in [0.1, 0.15) is 0 Å². The topological polar surface area (TPSA) is 43.1 Å². The number of carbonyl (C=O) groups excluding carboxylic acids is 1. The summed E-state index contributed by atoms with van der Waals surface area (Å²) in [5, 5.41) is 0. The number of rotatable bonds is 5. The van der Waals surface area contributed by atoms with Gasteiger partial charge in [0, 0.05) is 11.3 Å². The van der Waals surface area contributed by atoms with Crippen molar-refractivity contribution in [2.45, 2.75) is 26.7 Å². The second kappa shape index (κ2) is 5.27. The van der Waals surface area contributed by atoms with E-state index in [0.717, 1.165) is 11.3 Å². The Hall–Kier alpha value is -0.670. The lowest BCUT2D eigenvalue weighted by Crippen LogP contribution is -2.17. The predicted octanol–water partition coefficient (Wildman–Crippen LogP) is 2.61. The zero-order valence-electron chi connectivity index (χ0n) is 8.75. The van der Waals surface area contributed by atoms with Crippen LogP contribution in [0.4, 0.5) is 0 Å². The van der Waals surface area contributed by atoms with Crippen LogP contribution in [0.1, 0.15) is 34.3 Å². The van der Waals surface area contributed by atoms with E-state index < -0.39 is 0 Å². The van der Waals surface area contributed by atoms with Crippen molar-refractivity contribution in [1.29, 1.82) is 0 Å². The van der Waals surface area contributed by atoms with E-state index in [4.69, 9.17) is 5.73 Å². The molecule has 0 saturated heterocycles. The Morgan fingerprint density at radius 1 is 1.57 bits per heavy atom. The summed E-state index contributed by atoms with van der Waals surface area (Å²) >= 11 is 1.57. The highest BCUT2D eigenvalue weighted by atomic mass is 32.1. The van der Waals surface area contributed by atoms with E-state index in [1.54, 1.807) is 11.3 Å². The van der Waals surface area contributed by atoms with Gasteiger partial charge in [-0.1, -0.05) is 13.3 Å². The molecule has 0 amide bonds. The molecular formula is C11H17NOS. The summed E-state index contributed by atoms with van der Waals surface area (Å²) in [6.07, 6.45) is 1.57. The second-order valence-electron chi connectivity index (χ2n) is 3.55. The van der Waals surface area contributed by atoms with E-state index in [2.05, 4.69) is 6.92 Å². The summed E-state index contributed by atoms with van der Waals surface area (Å²) in [5.74, 6) is 0.574. The highest BCUT2D eigenvalue weighted by Crippen LogP contribution is 2.19. The fourth-order valence-corrected chi connectivity index (χ4v) is 2.16. The van der Waals surface area contributed by atoms with Crippen LogP contribution in [-0.4, -0.2) is 12.3 Å². The van der Waals surface area contributed by atoms with Gasteiger partial charge in [0.15, 0.2) is 5.78 Å². The summed E-state index contributed by atoms with van der Waals surface area (Å²) in [5.41, 5.74) is 5.57. The molecule has 2 nitrogen and oxygen atoms in total. The second-order valence-corrected chi connectivity index (χ2v) is 4.84. The van der Waals surface area contributed by atoms with Crippen LogP contribution in [0.15, 0.2) is 12.1 Å². The molecule has 1 aromatic heterocycles. The molecule has 0 aromatic carbocycles. The van der Waals surface area contributed by atoms with Crippen LogP contribution in [0.2, 0.25) is 0 Å². The van der Waals surface area contributed by atoms with Gasteiger partial charge in [-0.15, -0.1) is 11.3 Å². The number of Topliss-reactive ketones (excluding diaryl/α,β-unsaturated/α-hetero) is 1. The molecule has 0 aliphatic rings. The number of thiophene rings is 1. The minimum Gasteiger partial charge on any atom is -0.330 e. The Morgan fingerprint density at radius 2 is 2.29 bits per heavy atom. The highest BCUT2D eigenvalue weighted by Gasteiger charge is 2.13. The lowest BCUT2D eigenvalue weighted by molar-refractivity contribution is 0.0965. The Balaban J connectivity index is 2.58. The predicted molar refractivity (Wildman–Crippen MR) is 60.8 cm³/mol. The molecule has 1 atom stereocenters. The molecule has 1 unspecified atom stereocenters. The maximum atomic E-state index is 11.7. The average molecular weight is 211 g/mol. The Labute approximate surface area is 89.1 Å². The standard InChI is InChI=1S/C11H17NOS/c1-3-9(7-12)6-10(13)11-5-4-8(2)14-11/h4-5,9H,3,6-7,12H2,1-2H3. The third-order valence-corrected chi connectivity index (χ3v) is 3.44. The average Bonchev–Trinajstić information content (AvgIpc) is 2.61. The molecule has 1 rings (SSSR count). The molecule has 0 radical (unpaired) electrons. The molecule has 1 heterocycles. The largest absolute Gasteiger partial charge is 0.330 e. The van der Waals surface area contributed by atoms with Crippen molar-refractivity contribution < 1.29 is 4.79 Å². The normalized spacial score (nSPS) is 12.8. The van der Waals surface area contributed by atoms with Gasteiger partial charge in [-0.2, -0.15) is 0 Å². The minimum atomic E-state index is 0.236. The lowest BCUT2D eigenvalue weighted by atomic mass is 9.99. The quantitative estimate of drug-likeness (QED) is 0.761. The first-order valence-electron chi connectivity index (χ1n) is 4.97. The Bertz CT molecular complexity index is 302. The van der Waals surface area contributed by atoms with Crippen molar-refractivity contribution in [1.82, 2.24) is 0 Å². The van der Waals surface area contributed by atoms with Crippen molar-refractivity contribution >= 4 is 17.1 Å². The number of nitrogens with two attached hydrogens (primary N) is 1. The molecule has 14 heavy (non-hydrogen) atoms. The van der Waals surface area contributed by atoms with Crippen molar-refractivity contribution in [3.63, 3.8) is 0 Å². The molecule has 0 spiro atoms. The zero-order chi connectivity index (χ0) is 10.6. The van der Waals surface area contributed by atoms with E-state index in [1.165, 1.54) is 4.88 Å². The first-order valence-corrected chi connectivity index (χ1v) is 5.78. The summed E-state index contributed by atoms with van der Waals surface area (Å²) in [7, 11) is 0. The molecule has 1 aromatic rings. The van der Waals surface area contributed by atoms with Crippen LogP contribution < -0.4 is 5.73 Å². The number of aryl methyl sites for hydroxylation is 1. The SMILES string of the molecule is CCC(CN)CC(=O)c1ccc(C)s1. The molecule has 3 heteroatoms. The Morgan fingerprint density at radius 3 is 2.71 bits per heavy atom. The van der Waals surface area contributed by atoms with E-state index >= 15 is 0 Å². The summed E-state index contributed by atoms with van der Waals surface area (Å²) in [6, 6.07) is 3.90. The molecule has 0 fully saturated rings. The van der Waals surface area contributed by atoms with Crippen molar-refractivity contribution in [3.8, 4) is 0 Å². The monoisotopic (exact) mass is 211 g/mol. The number of ketones is 1. The van der Waals surface area contributed by atoms with Gasteiger partial charge in [-0.25, -0.2) is 0 Å². The molecule has 0 saturated carbocycles. The molecule has 0 bridgehead atoms. The van der Waals surface area contributed by atoms with Crippen LogP contribution in [0, 0.1) is 12.8 Å². The van der Waals surface area contributed by atoms with Gasteiger partial charge < -0.3 is 5.73 Å². The van der Waals surface area contributed by atoms with Gasteiger partial charge in [0.25, 0.3) is 0 Å². The number of hydrogen-bond donors (Lipinski definition) is 1. The van der Waals surface area contributed by atoms with E-state index in [9.17, 15) is 4.79 Å². The van der Waals surface area contributed by atoms with Crippen LogP contribution >= 0.6 is 11.3 Å². The van der Waals surface area contributed by atoms with Crippen LogP contribution in [0.25, 0.3) is 0 Å². The molecule has 0 aliphatic carbocycles. The summed E-state index contributed by atoms with van der Waals surface area (Å²) in [6.45, 7) is 4.69. The van der Waals surface area contributed by atoms with Crippen LogP contribution in [0.5, 0.6) is 0 Å². The molecular weight excluding hydrogens is 194 g/mol. The summed E-state index contributed by atoms with van der Waals surface area (Å²) < 4.78 is 0. The van der Waals surface area contributed by atoms with Crippen molar-refractivity contribution in [2.24, 2.45) is 11.7 Å². The third kappa shape index (κ3) is 2.93. The van der Waals surface area contributed by atoms with Gasteiger partial charge in [0.2, 0.25) is 0 Å². The highest BCUT2D eigenvalue weighted by molar-refractivity contribution is 7.14. The maximum Gasteiger partial charge on any atom is 0.173 e. The first-order chi connectivity index (χ1) is 6.67. The van der Waals surface area contributed by atoms with Gasteiger partial charge in [0.05, 0.1) is 4.88 Å². The summed E-state index contributed by atoms with van der Waals surface area (Å²) in [4.78, 5) is 13.8. The fraction of sp³-hybridized carbons (Fsp3) is 0.545. The van der Waals surface area contributed by atoms with E-state index in [0.29, 0.717) is 18.9 Å². The smallest absolute Gasteiger partial charge is 0.173 e. The molecule has 0 aliphatic heterocycles. The molecule has 2 N–H and O–H groups in total. The Kier molecular flexibility index (Phi) is 4.29. The number of carbonyl (C=O) groups is 1. The first kappa shape index (κ1) is 11.4. The van der Waals surface area contributed by atoms with Gasteiger partial charge >= 0.3 is 0 Å². The van der Waals surface area contributed by atoms with Crippen molar-refractivity contribution in [3.05, 3.63) is 21.9 Å². The van der Waals surface area contributed by atoms with Gasteiger partial charge in [-0.3, -0.25) is 4.79 Å². The number of hydrogen-bond acceptors (Lipinski definition) is 3. The van der Waals surface area contributed by atoms with Gasteiger partial charge in [-0.05, 0) is 31.5 Å². The van der Waals surface area contributed by atoms with E-state index in [-0.39, 0.29) is 5.78 Å².